The van der Waals surface area contributed by atoms with Crippen molar-refractivity contribution in [2.24, 2.45) is 5.92 Å². The van der Waals surface area contributed by atoms with Crippen LogP contribution < -0.4 is 18.9 Å². The molecule has 45 heavy (non-hydrogen) atoms. The van der Waals surface area contributed by atoms with Gasteiger partial charge in [0.05, 0.1) is 26.7 Å². The maximum atomic E-state index is 13.9. The maximum Gasteiger partial charge on any atom is 0.308 e. The molecule has 2 aliphatic rings. The zero-order valence-corrected chi connectivity index (χ0v) is 27.6. The predicted molar refractivity (Wildman–Crippen MR) is 174 cm³/mol. The summed E-state index contributed by atoms with van der Waals surface area (Å²) in [7, 11) is 7.36. The van der Waals surface area contributed by atoms with Crippen LogP contribution in [0.1, 0.15) is 62.5 Å². The standard InChI is InChI=1S/C35H51N3O7/c1-6-7-18-37(19-11-10-17-36(2)3)32(39)23-38-22-27(26-20-30(43-5)34-31(21-26)44-24-45-34)33(35(40)41)28(38)15-12-14-25-13-8-9-16-29(25)42-4/h8-9,13,16,20-21,27-28,33H,6-7,10-12,14-15,17-19,22-24H2,1-5H3,(H,40,41)/t27-,28+,33-/m1/s1. The van der Waals surface area contributed by atoms with Crippen molar-refractivity contribution >= 4 is 11.9 Å². The molecule has 248 valence electrons. The number of methoxy groups -OCH3 is 2. The highest BCUT2D eigenvalue weighted by atomic mass is 16.7. The number of para-hydroxylation sites is 1. The first-order chi connectivity index (χ1) is 21.8. The Kier molecular flexibility index (Phi) is 12.8. The normalized spacial score (nSPS) is 19.2. The van der Waals surface area contributed by atoms with E-state index in [2.05, 4.69) is 30.8 Å². The molecule has 0 unspecified atom stereocenters. The summed E-state index contributed by atoms with van der Waals surface area (Å²) in [5, 5.41) is 10.7. The predicted octanol–water partition coefficient (Wildman–Crippen LogP) is 4.89. The van der Waals surface area contributed by atoms with Crippen molar-refractivity contribution < 1.29 is 33.6 Å². The molecular weight excluding hydrogens is 574 g/mol. The fraction of sp³-hybridized carbons (Fsp3) is 0.600. The van der Waals surface area contributed by atoms with Gasteiger partial charge in [0, 0.05) is 31.6 Å². The van der Waals surface area contributed by atoms with Gasteiger partial charge in [0.1, 0.15) is 5.75 Å². The molecule has 1 fully saturated rings. The Morgan fingerprint density at radius 3 is 2.42 bits per heavy atom. The fourth-order valence-corrected chi connectivity index (χ4v) is 6.68. The van der Waals surface area contributed by atoms with Crippen LogP contribution in [0.25, 0.3) is 0 Å². The first-order valence-electron chi connectivity index (χ1n) is 16.3. The van der Waals surface area contributed by atoms with Gasteiger partial charge < -0.3 is 33.9 Å². The number of likely N-dealkylation sites (tertiary alicyclic amines) is 1. The van der Waals surface area contributed by atoms with Gasteiger partial charge in [-0.25, -0.2) is 0 Å². The molecule has 0 spiro atoms. The Morgan fingerprint density at radius 1 is 0.978 bits per heavy atom. The summed E-state index contributed by atoms with van der Waals surface area (Å²) in [5.41, 5.74) is 1.91. The molecule has 10 nitrogen and oxygen atoms in total. The Labute approximate surface area is 268 Å². The third-order valence-electron chi connectivity index (χ3n) is 9.04. The summed E-state index contributed by atoms with van der Waals surface area (Å²) in [6.45, 7) is 5.28. The largest absolute Gasteiger partial charge is 0.496 e. The van der Waals surface area contributed by atoms with E-state index < -0.39 is 11.9 Å². The van der Waals surface area contributed by atoms with Crippen molar-refractivity contribution in [2.45, 2.75) is 63.8 Å². The molecule has 0 aliphatic carbocycles. The molecule has 0 bridgehead atoms. The van der Waals surface area contributed by atoms with Crippen LogP contribution in [0.15, 0.2) is 36.4 Å². The number of carbonyl (C=O) groups excluding carboxylic acids is 1. The number of aliphatic carboxylic acids is 1. The summed E-state index contributed by atoms with van der Waals surface area (Å²) >= 11 is 0. The average molecular weight is 626 g/mol. The lowest BCUT2D eigenvalue weighted by molar-refractivity contribution is -0.143. The molecule has 0 radical (unpaired) electrons. The third-order valence-corrected chi connectivity index (χ3v) is 9.04. The Balaban J connectivity index is 1.58. The molecule has 3 atom stereocenters. The van der Waals surface area contributed by atoms with Gasteiger partial charge in [0.25, 0.3) is 0 Å². The second-order valence-corrected chi connectivity index (χ2v) is 12.4. The van der Waals surface area contributed by atoms with Crippen molar-refractivity contribution in [1.29, 1.82) is 0 Å². The topological polar surface area (TPSA) is 101 Å². The van der Waals surface area contributed by atoms with Crippen LogP contribution >= 0.6 is 0 Å². The highest BCUT2D eigenvalue weighted by Crippen LogP contribution is 2.47. The van der Waals surface area contributed by atoms with Crippen molar-refractivity contribution in [3.63, 3.8) is 0 Å². The number of hydrogen-bond acceptors (Lipinski definition) is 8. The first kappa shape index (κ1) is 34.4. The number of carbonyl (C=O) groups is 2. The number of amides is 1. The van der Waals surface area contributed by atoms with Gasteiger partial charge in [-0.2, -0.15) is 0 Å². The number of fused-ring (bicyclic) bond motifs is 1. The smallest absolute Gasteiger partial charge is 0.308 e. The quantitative estimate of drug-likeness (QED) is 0.232. The van der Waals surface area contributed by atoms with Crippen LogP contribution in [0.5, 0.6) is 23.0 Å². The van der Waals surface area contributed by atoms with E-state index in [1.807, 2.05) is 41.3 Å². The van der Waals surface area contributed by atoms with E-state index in [1.54, 1.807) is 14.2 Å². The summed E-state index contributed by atoms with van der Waals surface area (Å²) in [6, 6.07) is 11.4. The lowest BCUT2D eigenvalue weighted by Crippen LogP contribution is -2.44. The zero-order valence-electron chi connectivity index (χ0n) is 27.6. The number of benzene rings is 2. The van der Waals surface area contributed by atoms with E-state index in [9.17, 15) is 14.7 Å². The Bertz CT molecular complexity index is 1270. The molecular formula is C35H51N3O7. The van der Waals surface area contributed by atoms with E-state index in [0.717, 1.165) is 68.5 Å². The van der Waals surface area contributed by atoms with Gasteiger partial charge in [-0.05, 0) is 88.5 Å². The van der Waals surface area contributed by atoms with Gasteiger partial charge in [0.15, 0.2) is 11.5 Å². The van der Waals surface area contributed by atoms with Crippen LogP contribution in [0.4, 0.5) is 0 Å². The van der Waals surface area contributed by atoms with Crippen LogP contribution in [0.2, 0.25) is 0 Å². The van der Waals surface area contributed by atoms with Crippen LogP contribution in [0, 0.1) is 5.92 Å². The molecule has 1 N–H and O–H groups in total. The summed E-state index contributed by atoms with van der Waals surface area (Å²) in [5.74, 6) is 0.596. The van der Waals surface area contributed by atoms with Crippen LogP contribution in [-0.4, -0.2) is 106 Å². The fourth-order valence-electron chi connectivity index (χ4n) is 6.68. The molecule has 4 rings (SSSR count). The number of unbranched alkanes of at least 4 members (excludes halogenated alkanes) is 2. The van der Waals surface area contributed by atoms with E-state index in [4.69, 9.17) is 18.9 Å². The van der Waals surface area contributed by atoms with E-state index in [-0.39, 0.29) is 31.2 Å². The highest BCUT2D eigenvalue weighted by Gasteiger charge is 2.47. The molecule has 0 saturated carbocycles. The van der Waals surface area contributed by atoms with Gasteiger partial charge in [0.2, 0.25) is 18.4 Å². The molecule has 1 saturated heterocycles. The summed E-state index contributed by atoms with van der Waals surface area (Å²) in [6.07, 6.45) is 6.07. The van der Waals surface area contributed by atoms with Crippen LogP contribution in [0.3, 0.4) is 0 Å². The molecule has 2 aromatic carbocycles. The summed E-state index contributed by atoms with van der Waals surface area (Å²) < 4.78 is 22.4. The van der Waals surface area contributed by atoms with Crippen molar-refractivity contribution in [3.8, 4) is 23.0 Å². The SMILES string of the molecule is CCCCN(CCCCN(C)C)C(=O)CN1C[C@H](c2cc(OC)c3c(c2)OCO3)[C@@H](C(=O)O)[C@@H]1CCCc1ccccc1OC. The Morgan fingerprint density at radius 2 is 1.71 bits per heavy atom. The van der Waals surface area contributed by atoms with Gasteiger partial charge >= 0.3 is 5.97 Å². The van der Waals surface area contributed by atoms with Crippen molar-refractivity contribution in [2.75, 3.05) is 67.8 Å². The van der Waals surface area contributed by atoms with Gasteiger partial charge in [-0.1, -0.05) is 31.5 Å². The number of carboxylic acids is 1. The third kappa shape index (κ3) is 8.82. The lowest BCUT2D eigenvalue weighted by atomic mass is 9.83. The maximum absolute atomic E-state index is 13.9. The molecule has 1 amide bonds. The monoisotopic (exact) mass is 625 g/mol. The van der Waals surface area contributed by atoms with Crippen molar-refractivity contribution in [1.82, 2.24) is 14.7 Å². The number of nitrogens with zero attached hydrogens (tertiary/aromatic N) is 3. The first-order valence-corrected chi connectivity index (χ1v) is 16.3. The molecule has 2 heterocycles. The number of ether oxygens (including phenoxy) is 4. The van der Waals surface area contributed by atoms with Gasteiger partial charge in [-0.15, -0.1) is 0 Å². The average Bonchev–Trinajstić information content (AvgIpc) is 3.65. The highest BCUT2D eigenvalue weighted by molar-refractivity contribution is 5.79. The Hall–Kier alpha value is -3.50. The molecule has 2 aromatic rings. The van der Waals surface area contributed by atoms with Gasteiger partial charge in [-0.3, -0.25) is 14.5 Å². The number of aryl methyl sites for hydroxylation is 1. The van der Waals surface area contributed by atoms with E-state index in [0.29, 0.717) is 36.8 Å². The lowest BCUT2D eigenvalue weighted by Gasteiger charge is -2.30. The zero-order chi connectivity index (χ0) is 32.3. The second kappa shape index (κ2) is 16.7. The van der Waals surface area contributed by atoms with E-state index in [1.165, 1.54) is 0 Å². The molecule has 2 aliphatic heterocycles. The number of rotatable bonds is 18. The van der Waals surface area contributed by atoms with Crippen LogP contribution in [-0.2, 0) is 16.0 Å². The van der Waals surface area contributed by atoms with E-state index >= 15 is 0 Å². The minimum Gasteiger partial charge on any atom is -0.496 e. The van der Waals surface area contributed by atoms with Crippen molar-refractivity contribution in [3.05, 3.63) is 47.5 Å². The minimum absolute atomic E-state index is 0.0658. The summed E-state index contributed by atoms with van der Waals surface area (Å²) in [4.78, 5) is 33.2. The second-order valence-electron chi connectivity index (χ2n) is 12.4. The minimum atomic E-state index is -0.861. The number of hydrogen-bond donors (Lipinski definition) is 1. The molecule has 0 aromatic heterocycles. The molecule has 10 heteroatoms. The number of carboxylic acid groups (broad SMARTS) is 1.